The highest BCUT2D eigenvalue weighted by Gasteiger charge is 2.44. The maximum absolute atomic E-state index is 10.2. The lowest BCUT2D eigenvalue weighted by atomic mass is 9.91. The Balaban J connectivity index is 1.47. The van der Waals surface area contributed by atoms with E-state index in [0.717, 1.165) is 51.4 Å². The summed E-state index contributed by atoms with van der Waals surface area (Å²) in [5.41, 5.74) is 2.09. The second-order valence-corrected chi connectivity index (χ2v) is 8.52. The number of nitrogens with zero attached hydrogens (tertiary/aromatic N) is 3. The Labute approximate surface area is 167 Å². The summed E-state index contributed by atoms with van der Waals surface area (Å²) in [6, 6.07) is 18.6. The number of aliphatic hydroxyl groups excluding tert-OH is 1. The molecule has 2 aromatic rings. The van der Waals surface area contributed by atoms with Crippen LogP contribution in [0.15, 0.2) is 54.6 Å². The minimum Gasteiger partial charge on any atom is -0.508 e. The molecule has 150 valence electrons. The fourth-order valence-corrected chi connectivity index (χ4v) is 4.85. The van der Waals surface area contributed by atoms with Gasteiger partial charge in [0.2, 0.25) is 0 Å². The molecule has 0 radical (unpaired) electrons. The van der Waals surface area contributed by atoms with Crippen LogP contribution in [-0.4, -0.2) is 75.8 Å². The molecule has 2 N–H and O–H groups in total. The normalized spacial score (nSPS) is 26.9. The highest BCUT2D eigenvalue weighted by Crippen LogP contribution is 2.30. The van der Waals surface area contributed by atoms with E-state index in [-0.39, 0.29) is 12.1 Å². The van der Waals surface area contributed by atoms with E-state index in [1.165, 1.54) is 5.56 Å². The summed E-state index contributed by atoms with van der Waals surface area (Å²) in [5, 5.41) is 20.3. The molecule has 2 aliphatic heterocycles. The van der Waals surface area contributed by atoms with E-state index < -0.39 is 0 Å². The summed E-state index contributed by atoms with van der Waals surface area (Å²) in [5.74, 6) is 0.375. The summed E-state index contributed by atoms with van der Waals surface area (Å²) in [7, 11) is 0. The van der Waals surface area contributed by atoms with Gasteiger partial charge in [0.05, 0.1) is 12.1 Å². The average Bonchev–Trinajstić information content (AvgIpc) is 2.70. The second kappa shape index (κ2) is 8.21. The SMILES string of the molecule is CC1(CO)CN(Cc2ccccc2)CC2CN(Cc3ccccc3O)CCN21. The van der Waals surface area contributed by atoms with Crippen LogP contribution in [0.4, 0.5) is 0 Å². The fourth-order valence-electron chi connectivity index (χ4n) is 4.85. The van der Waals surface area contributed by atoms with Gasteiger partial charge in [-0.2, -0.15) is 0 Å². The molecule has 2 saturated heterocycles. The molecule has 2 fully saturated rings. The first-order chi connectivity index (χ1) is 13.6. The zero-order valence-electron chi connectivity index (χ0n) is 16.7. The Morgan fingerprint density at radius 2 is 1.64 bits per heavy atom. The van der Waals surface area contributed by atoms with Gasteiger partial charge in [-0.25, -0.2) is 0 Å². The number of aromatic hydroxyl groups is 1. The minimum atomic E-state index is -0.210. The van der Waals surface area contributed by atoms with Crippen LogP contribution in [0.3, 0.4) is 0 Å². The van der Waals surface area contributed by atoms with E-state index in [0.29, 0.717) is 11.8 Å². The zero-order chi connectivity index (χ0) is 19.6. The number of phenolic OH excluding ortho intramolecular Hbond substituents is 1. The summed E-state index contributed by atoms with van der Waals surface area (Å²) in [4.78, 5) is 7.42. The summed E-state index contributed by atoms with van der Waals surface area (Å²) in [6.07, 6.45) is 0. The van der Waals surface area contributed by atoms with Crippen LogP contribution in [0.2, 0.25) is 0 Å². The topological polar surface area (TPSA) is 50.2 Å². The minimum absolute atomic E-state index is 0.175. The van der Waals surface area contributed by atoms with Gasteiger partial charge in [0, 0.05) is 57.4 Å². The van der Waals surface area contributed by atoms with Gasteiger partial charge < -0.3 is 10.2 Å². The smallest absolute Gasteiger partial charge is 0.120 e. The number of piperazine rings is 2. The Hall–Kier alpha value is -1.92. The predicted molar refractivity (Wildman–Crippen MR) is 111 cm³/mol. The molecule has 4 rings (SSSR count). The molecule has 0 bridgehead atoms. The van der Waals surface area contributed by atoms with Crippen molar-refractivity contribution < 1.29 is 10.2 Å². The Morgan fingerprint density at radius 1 is 0.929 bits per heavy atom. The second-order valence-electron chi connectivity index (χ2n) is 8.52. The number of phenols is 1. The lowest BCUT2D eigenvalue weighted by Gasteiger charge is -2.56. The third kappa shape index (κ3) is 4.08. The highest BCUT2D eigenvalue weighted by atomic mass is 16.3. The number of para-hydroxylation sites is 1. The number of aliphatic hydroxyl groups is 1. The van der Waals surface area contributed by atoms with E-state index in [1.807, 2.05) is 18.2 Å². The van der Waals surface area contributed by atoms with E-state index in [2.05, 4.69) is 52.0 Å². The van der Waals surface area contributed by atoms with Gasteiger partial charge in [-0.1, -0.05) is 48.5 Å². The van der Waals surface area contributed by atoms with Crippen LogP contribution in [0, 0.1) is 0 Å². The summed E-state index contributed by atoms with van der Waals surface area (Å²) >= 11 is 0. The molecular weight excluding hydrogens is 350 g/mol. The quantitative estimate of drug-likeness (QED) is 0.831. The molecule has 2 unspecified atom stereocenters. The first kappa shape index (κ1) is 19.4. The number of rotatable bonds is 5. The van der Waals surface area contributed by atoms with Crippen molar-refractivity contribution in [1.29, 1.82) is 0 Å². The van der Waals surface area contributed by atoms with Gasteiger partial charge in [-0.3, -0.25) is 14.7 Å². The van der Waals surface area contributed by atoms with Crippen LogP contribution in [0.1, 0.15) is 18.1 Å². The standard InChI is InChI=1S/C23H31N3O2/c1-23(18-27)17-25(13-19-7-3-2-4-8-19)16-21-15-24(11-12-26(21)23)14-20-9-5-6-10-22(20)28/h2-10,21,27-28H,11-18H2,1H3. The van der Waals surface area contributed by atoms with Crippen LogP contribution in [0.25, 0.3) is 0 Å². The number of fused-ring (bicyclic) bond motifs is 1. The fraction of sp³-hybridized carbons (Fsp3) is 0.478. The van der Waals surface area contributed by atoms with Gasteiger partial charge in [0.1, 0.15) is 5.75 Å². The highest BCUT2D eigenvalue weighted by molar-refractivity contribution is 5.31. The third-order valence-electron chi connectivity index (χ3n) is 6.27. The van der Waals surface area contributed by atoms with Gasteiger partial charge in [-0.05, 0) is 18.6 Å². The molecule has 0 aromatic heterocycles. The van der Waals surface area contributed by atoms with Crippen molar-refractivity contribution in [2.45, 2.75) is 31.6 Å². The molecule has 2 aromatic carbocycles. The molecule has 28 heavy (non-hydrogen) atoms. The lowest BCUT2D eigenvalue weighted by molar-refractivity contribution is -0.0952. The molecule has 5 nitrogen and oxygen atoms in total. The van der Waals surface area contributed by atoms with Gasteiger partial charge in [-0.15, -0.1) is 0 Å². The summed E-state index contributed by atoms with van der Waals surface area (Å²) < 4.78 is 0. The van der Waals surface area contributed by atoms with E-state index in [1.54, 1.807) is 6.07 Å². The van der Waals surface area contributed by atoms with Crippen LogP contribution in [-0.2, 0) is 13.1 Å². The zero-order valence-corrected chi connectivity index (χ0v) is 16.7. The molecule has 0 saturated carbocycles. The maximum atomic E-state index is 10.2. The number of benzene rings is 2. The third-order valence-corrected chi connectivity index (χ3v) is 6.27. The van der Waals surface area contributed by atoms with Crippen molar-refractivity contribution >= 4 is 0 Å². The van der Waals surface area contributed by atoms with Crippen molar-refractivity contribution in [1.82, 2.24) is 14.7 Å². The molecule has 0 amide bonds. The number of hydrogen-bond acceptors (Lipinski definition) is 5. The van der Waals surface area contributed by atoms with Crippen molar-refractivity contribution in [2.75, 3.05) is 39.3 Å². The van der Waals surface area contributed by atoms with Crippen LogP contribution >= 0.6 is 0 Å². The molecule has 5 heteroatoms. The molecule has 0 spiro atoms. The number of hydrogen-bond donors (Lipinski definition) is 2. The van der Waals surface area contributed by atoms with Crippen LogP contribution in [0.5, 0.6) is 5.75 Å². The van der Waals surface area contributed by atoms with E-state index >= 15 is 0 Å². The van der Waals surface area contributed by atoms with Crippen molar-refractivity contribution in [3.63, 3.8) is 0 Å². The van der Waals surface area contributed by atoms with Crippen molar-refractivity contribution in [3.05, 3.63) is 65.7 Å². The molecule has 0 aliphatic carbocycles. The Morgan fingerprint density at radius 3 is 2.39 bits per heavy atom. The maximum Gasteiger partial charge on any atom is 0.120 e. The van der Waals surface area contributed by atoms with Gasteiger partial charge >= 0.3 is 0 Å². The molecule has 2 heterocycles. The van der Waals surface area contributed by atoms with Gasteiger partial charge in [0.15, 0.2) is 0 Å². The Kier molecular flexibility index (Phi) is 5.69. The first-order valence-electron chi connectivity index (χ1n) is 10.2. The van der Waals surface area contributed by atoms with Crippen molar-refractivity contribution in [2.24, 2.45) is 0 Å². The summed E-state index contributed by atoms with van der Waals surface area (Å²) in [6.45, 7) is 8.80. The van der Waals surface area contributed by atoms with Crippen LogP contribution < -0.4 is 0 Å². The molecule has 2 aliphatic rings. The van der Waals surface area contributed by atoms with E-state index in [4.69, 9.17) is 0 Å². The molecule has 2 atom stereocenters. The molecular formula is C23H31N3O2. The predicted octanol–water partition coefficient (Wildman–Crippen LogP) is 2.15. The van der Waals surface area contributed by atoms with Crippen molar-refractivity contribution in [3.8, 4) is 5.75 Å². The first-order valence-corrected chi connectivity index (χ1v) is 10.2. The monoisotopic (exact) mass is 381 g/mol. The largest absolute Gasteiger partial charge is 0.508 e. The Bertz CT molecular complexity index is 784. The van der Waals surface area contributed by atoms with E-state index in [9.17, 15) is 10.2 Å². The lowest BCUT2D eigenvalue weighted by Crippen LogP contribution is -2.71. The van der Waals surface area contributed by atoms with Gasteiger partial charge in [0.25, 0.3) is 0 Å². The average molecular weight is 382 g/mol.